The molecule has 0 aromatic rings. The molecule has 0 aliphatic heterocycles. The van der Waals surface area contributed by atoms with Crippen molar-refractivity contribution in [3.05, 3.63) is 24.3 Å². The number of aliphatic hydroxyl groups excluding tert-OH is 2. The lowest BCUT2D eigenvalue weighted by Crippen LogP contribution is -2.50. The molecule has 0 aliphatic rings. The smallest absolute Gasteiger partial charge is 0.267 e. The number of unbranched alkanes of at least 4 members (excludes halogenated alkanes) is 19. The van der Waals surface area contributed by atoms with Gasteiger partial charge >= 0.3 is 0 Å². The number of rotatable bonds is 30. The molecule has 0 fully saturated rings. The second-order valence-electron chi connectivity index (χ2n) is 11.9. The Labute approximate surface area is 258 Å². The number of aliphatic hydroxyl groups is 2. The molecular formula is C34H65NO6S. The minimum atomic E-state index is -4.44. The maximum absolute atomic E-state index is 12.5. The van der Waals surface area contributed by atoms with Gasteiger partial charge in [-0.2, -0.15) is 8.42 Å². The predicted molar refractivity (Wildman–Crippen MR) is 176 cm³/mol. The lowest BCUT2D eigenvalue weighted by molar-refractivity contribution is -0.130. The van der Waals surface area contributed by atoms with Crippen LogP contribution in [0.2, 0.25) is 0 Å². The largest absolute Gasteiger partial charge is 0.387 e. The van der Waals surface area contributed by atoms with Crippen LogP contribution >= 0.6 is 0 Å². The van der Waals surface area contributed by atoms with Gasteiger partial charge < -0.3 is 15.5 Å². The fourth-order valence-electron chi connectivity index (χ4n) is 5.06. The highest BCUT2D eigenvalue weighted by molar-refractivity contribution is 7.85. The standard InChI is InChI=1S/C34H65NO6S/c1-3-5-7-9-11-13-15-17-19-20-22-24-26-28-32(36)31(30-42(39,40)41)35-34(38)33(37)29-27-25-23-21-18-16-14-12-10-8-6-4-2/h19-20,26,28,31-33,36-37H,3-18,21-25,27,29-30H2,1-2H3,(H,35,38)(H,39,40,41)/b20-19+,28-26+. The van der Waals surface area contributed by atoms with Crippen LogP contribution in [0.4, 0.5) is 0 Å². The second kappa shape index (κ2) is 28.5. The molecular weight excluding hydrogens is 550 g/mol. The monoisotopic (exact) mass is 615 g/mol. The molecule has 1 amide bonds. The molecule has 7 nitrogen and oxygen atoms in total. The average Bonchev–Trinajstić information content (AvgIpc) is 2.94. The summed E-state index contributed by atoms with van der Waals surface area (Å²) in [6.07, 6.45) is 30.9. The Hall–Kier alpha value is -1.22. The van der Waals surface area contributed by atoms with Gasteiger partial charge in [-0.25, -0.2) is 0 Å². The van der Waals surface area contributed by atoms with E-state index in [4.69, 9.17) is 0 Å². The van der Waals surface area contributed by atoms with Gasteiger partial charge in [-0.05, 0) is 32.1 Å². The summed E-state index contributed by atoms with van der Waals surface area (Å²) in [6.45, 7) is 4.46. The number of allylic oxidation sites excluding steroid dienone is 3. The van der Waals surface area contributed by atoms with Crippen molar-refractivity contribution in [2.75, 3.05) is 5.75 Å². The van der Waals surface area contributed by atoms with Crippen molar-refractivity contribution in [1.82, 2.24) is 5.32 Å². The average molecular weight is 616 g/mol. The van der Waals surface area contributed by atoms with Crippen molar-refractivity contribution >= 4 is 16.0 Å². The van der Waals surface area contributed by atoms with E-state index in [1.54, 1.807) is 6.08 Å². The SMILES string of the molecule is CCCCCCCCC/C=C/CC/C=C/C(O)C(CS(=O)(=O)O)NC(=O)C(O)CCCCCCCCCCCCCC. The van der Waals surface area contributed by atoms with Crippen molar-refractivity contribution in [1.29, 1.82) is 0 Å². The van der Waals surface area contributed by atoms with Crippen LogP contribution in [0.15, 0.2) is 24.3 Å². The van der Waals surface area contributed by atoms with E-state index in [-0.39, 0.29) is 6.42 Å². The van der Waals surface area contributed by atoms with E-state index in [9.17, 15) is 28.0 Å². The van der Waals surface area contributed by atoms with Crippen molar-refractivity contribution in [3.8, 4) is 0 Å². The van der Waals surface area contributed by atoms with Crippen molar-refractivity contribution < 1.29 is 28.0 Å². The van der Waals surface area contributed by atoms with E-state index in [1.807, 2.05) is 0 Å². The molecule has 0 heterocycles. The lowest BCUT2D eigenvalue weighted by Gasteiger charge is -2.22. The van der Waals surface area contributed by atoms with Gasteiger partial charge in [-0.15, -0.1) is 0 Å². The van der Waals surface area contributed by atoms with Crippen LogP contribution in [0, 0.1) is 0 Å². The van der Waals surface area contributed by atoms with Gasteiger partial charge in [-0.1, -0.05) is 154 Å². The molecule has 0 radical (unpaired) electrons. The molecule has 0 rings (SSSR count). The normalized spacial score (nSPS) is 14.5. The van der Waals surface area contributed by atoms with Crippen LogP contribution < -0.4 is 5.32 Å². The van der Waals surface area contributed by atoms with Gasteiger partial charge in [0.05, 0.1) is 17.9 Å². The Kier molecular flexibility index (Phi) is 27.7. The number of carbonyl (C=O) groups is 1. The fourth-order valence-corrected chi connectivity index (χ4v) is 5.79. The summed E-state index contributed by atoms with van der Waals surface area (Å²) in [5, 5.41) is 23.2. The Morgan fingerprint density at radius 3 is 1.57 bits per heavy atom. The molecule has 8 heteroatoms. The Morgan fingerprint density at radius 2 is 1.07 bits per heavy atom. The molecule has 0 spiro atoms. The first kappa shape index (κ1) is 40.8. The Morgan fingerprint density at radius 1 is 0.643 bits per heavy atom. The van der Waals surface area contributed by atoms with E-state index in [0.29, 0.717) is 12.8 Å². The van der Waals surface area contributed by atoms with Crippen LogP contribution in [0.3, 0.4) is 0 Å². The summed E-state index contributed by atoms with van der Waals surface area (Å²) >= 11 is 0. The highest BCUT2D eigenvalue weighted by Crippen LogP contribution is 2.14. The third-order valence-corrected chi connectivity index (χ3v) is 8.52. The van der Waals surface area contributed by atoms with Gasteiger partial charge in [0.25, 0.3) is 10.1 Å². The van der Waals surface area contributed by atoms with E-state index < -0.39 is 40.0 Å². The van der Waals surface area contributed by atoms with Crippen LogP contribution in [0.1, 0.15) is 162 Å². The molecule has 3 atom stereocenters. The van der Waals surface area contributed by atoms with Crippen LogP contribution in [0.25, 0.3) is 0 Å². The van der Waals surface area contributed by atoms with Crippen molar-refractivity contribution in [3.63, 3.8) is 0 Å². The third-order valence-electron chi connectivity index (χ3n) is 7.74. The van der Waals surface area contributed by atoms with Gasteiger partial charge in [0.2, 0.25) is 5.91 Å². The van der Waals surface area contributed by atoms with E-state index in [1.165, 1.54) is 102 Å². The zero-order valence-corrected chi connectivity index (χ0v) is 27.8. The summed E-state index contributed by atoms with van der Waals surface area (Å²) in [6, 6.07) is -1.24. The van der Waals surface area contributed by atoms with Crippen LogP contribution in [-0.4, -0.2) is 53.1 Å². The molecule has 0 saturated carbocycles. The Balaban J connectivity index is 4.23. The topological polar surface area (TPSA) is 124 Å². The molecule has 248 valence electrons. The summed E-state index contributed by atoms with van der Waals surface area (Å²) in [7, 11) is -4.44. The van der Waals surface area contributed by atoms with Gasteiger partial charge in [-0.3, -0.25) is 9.35 Å². The van der Waals surface area contributed by atoms with Crippen LogP contribution in [0.5, 0.6) is 0 Å². The molecule has 0 aromatic heterocycles. The molecule has 0 bridgehead atoms. The Bertz CT molecular complexity index is 783. The first-order valence-electron chi connectivity index (χ1n) is 17.1. The number of amides is 1. The molecule has 0 aromatic carbocycles. The maximum atomic E-state index is 12.5. The molecule has 4 N–H and O–H groups in total. The number of carbonyl (C=O) groups excluding carboxylic acids is 1. The molecule has 3 unspecified atom stereocenters. The van der Waals surface area contributed by atoms with Crippen molar-refractivity contribution in [2.24, 2.45) is 0 Å². The summed E-state index contributed by atoms with van der Waals surface area (Å²) < 4.78 is 32.3. The van der Waals surface area contributed by atoms with E-state index in [0.717, 1.165) is 32.1 Å². The van der Waals surface area contributed by atoms with Crippen LogP contribution in [-0.2, 0) is 14.9 Å². The summed E-state index contributed by atoms with van der Waals surface area (Å²) in [5.41, 5.74) is 0. The maximum Gasteiger partial charge on any atom is 0.267 e. The first-order chi connectivity index (χ1) is 20.2. The predicted octanol–water partition coefficient (Wildman–Crippen LogP) is 8.21. The summed E-state index contributed by atoms with van der Waals surface area (Å²) in [4.78, 5) is 12.5. The molecule has 0 aliphatic carbocycles. The van der Waals surface area contributed by atoms with E-state index in [2.05, 4.69) is 31.3 Å². The quantitative estimate of drug-likeness (QED) is 0.0367. The van der Waals surface area contributed by atoms with Gasteiger partial charge in [0.15, 0.2) is 0 Å². The molecule has 0 saturated heterocycles. The van der Waals surface area contributed by atoms with Crippen molar-refractivity contribution in [2.45, 2.75) is 180 Å². The highest BCUT2D eigenvalue weighted by atomic mass is 32.2. The number of nitrogens with one attached hydrogen (secondary N) is 1. The minimum absolute atomic E-state index is 0.277. The van der Waals surface area contributed by atoms with Gasteiger partial charge in [0.1, 0.15) is 6.10 Å². The molecule has 42 heavy (non-hydrogen) atoms. The van der Waals surface area contributed by atoms with E-state index >= 15 is 0 Å². The minimum Gasteiger partial charge on any atom is -0.387 e. The lowest BCUT2D eigenvalue weighted by atomic mass is 10.0. The third kappa shape index (κ3) is 27.6. The first-order valence-corrected chi connectivity index (χ1v) is 18.8. The zero-order valence-electron chi connectivity index (χ0n) is 27.0. The number of hydrogen-bond acceptors (Lipinski definition) is 5. The highest BCUT2D eigenvalue weighted by Gasteiger charge is 2.27. The fraction of sp³-hybridized carbons (Fsp3) is 0.853. The van der Waals surface area contributed by atoms with Gasteiger partial charge in [0, 0.05) is 0 Å². The second-order valence-corrected chi connectivity index (χ2v) is 13.4. The summed E-state index contributed by atoms with van der Waals surface area (Å²) in [5.74, 6) is -1.55. The zero-order chi connectivity index (χ0) is 31.3. The number of hydrogen-bond donors (Lipinski definition) is 4.